The van der Waals surface area contributed by atoms with Crippen LogP contribution in [0.25, 0.3) is 0 Å². The zero-order valence-corrected chi connectivity index (χ0v) is 10.3. The highest BCUT2D eigenvalue weighted by Crippen LogP contribution is 2.26. The molecule has 0 aliphatic carbocycles. The van der Waals surface area contributed by atoms with Crippen LogP contribution in [0.4, 0.5) is 0 Å². The molecule has 0 bridgehead atoms. The molecule has 0 amide bonds. The van der Waals surface area contributed by atoms with E-state index in [1.54, 1.807) is 6.07 Å². The fraction of sp³-hybridized carbons (Fsp3) is 0.455. The molecule has 0 spiro atoms. The minimum atomic E-state index is -1.18. The molecule has 0 aliphatic heterocycles. The minimum absolute atomic E-state index is 0.304. The van der Waals surface area contributed by atoms with Crippen LogP contribution < -0.4 is 4.74 Å². The van der Waals surface area contributed by atoms with E-state index >= 15 is 0 Å². The maximum absolute atomic E-state index is 9.46. The van der Waals surface area contributed by atoms with E-state index in [0.29, 0.717) is 5.75 Å². The predicted octanol–water partition coefficient (Wildman–Crippen LogP) is 2.96. The summed E-state index contributed by atoms with van der Waals surface area (Å²) in [5.74, 6) is 1.10. The monoisotopic (exact) mass is 210 g/mol. The third-order valence-corrected chi connectivity index (χ3v) is 2.93. The molecule has 0 unspecified atom stereocenters. The maximum atomic E-state index is 9.46. The van der Waals surface area contributed by atoms with E-state index in [4.69, 9.17) is 4.74 Å². The average molecular weight is 210 g/mol. The molecule has 0 aromatic heterocycles. The van der Waals surface area contributed by atoms with Gasteiger partial charge in [-0.15, -0.1) is 0 Å². The summed E-state index contributed by atoms with van der Waals surface area (Å²) >= 11 is 0. The van der Waals surface area contributed by atoms with Gasteiger partial charge < -0.3 is 9.84 Å². The quantitative estimate of drug-likeness (QED) is 0.777. The third-order valence-electron chi connectivity index (χ3n) is 1.92. The van der Waals surface area contributed by atoms with E-state index < -0.39 is 8.07 Å². The van der Waals surface area contributed by atoms with Crippen LogP contribution in [0.1, 0.15) is 5.56 Å². The van der Waals surface area contributed by atoms with Crippen LogP contribution in [0.15, 0.2) is 18.2 Å². The Labute approximate surface area is 86.5 Å². The van der Waals surface area contributed by atoms with Gasteiger partial charge in [0.1, 0.15) is 11.5 Å². The molecule has 14 heavy (non-hydrogen) atoms. The number of rotatable bonds is 3. The van der Waals surface area contributed by atoms with E-state index in [-0.39, 0.29) is 0 Å². The van der Waals surface area contributed by atoms with E-state index in [1.165, 1.54) is 0 Å². The number of ether oxygens (including phenoxy) is 1. The molecule has 0 saturated heterocycles. The molecule has 0 fully saturated rings. The number of phenolic OH excluding ortho intramolecular Hbond substituents is 1. The molecular formula is C11H18O2Si. The molecule has 0 heterocycles. The summed E-state index contributed by atoms with van der Waals surface area (Å²) in [4.78, 5) is 0. The van der Waals surface area contributed by atoms with Gasteiger partial charge in [0, 0.05) is 5.56 Å². The van der Waals surface area contributed by atoms with Crippen LogP contribution in [-0.2, 0) is 0 Å². The molecular weight excluding hydrogens is 192 g/mol. The summed E-state index contributed by atoms with van der Waals surface area (Å²) in [6.45, 7) is 8.64. The second-order valence-corrected chi connectivity index (χ2v) is 10.2. The molecule has 0 aliphatic rings. The topological polar surface area (TPSA) is 29.5 Å². The number of hydrogen-bond acceptors (Lipinski definition) is 2. The first-order valence-electron chi connectivity index (χ1n) is 4.81. The van der Waals surface area contributed by atoms with Crippen molar-refractivity contribution in [1.82, 2.24) is 0 Å². The van der Waals surface area contributed by atoms with Crippen LogP contribution in [0.2, 0.25) is 19.6 Å². The van der Waals surface area contributed by atoms with Crippen molar-refractivity contribution in [2.24, 2.45) is 0 Å². The minimum Gasteiger partial charge on any atom is -0.508 e. The van der Waals surface area contributed by atoms with Crippen LogP contribution in [-0.4, -0.2) is 19.4 Å². The molecule has 0 atom stereocenters. The lowest BCUT2D eigenvalue weighted by molar-refractivity contribution is 0.370. The molecule has 0 saturated carbocycles. The van der Waals surface area contributed by atoms with Crippen LogP contribution in [0.5, 0.6) is 11.5 Å². The molecule has 0 radical (unpaired) electrons. The van der Waals surface area contributed by atoms with Gasteiger partial charge in [0.15, 0.2) is 0 Å². The molecule has 1 aromatic rings. The average Bonchev–Trinajstić information content (AvgIpc) is 2.06. The first kappa shape index (κ1) is 11.1. The summed E-state index contributed by atoms with van der Waals surface area (Å²) in [5.41, 5.74) is 0.825. The predicted molar refractivity (Wildman–Crippen MR) is 61.7 cm³/mol. The Hall–Kier alpha value is -0.963. The Balaban J connectivity index is 2.73. The highest BCUT2D eigenvalue weighted by Gasteiger charge is 2.15. The second kappa shape index (κ2) is 4.05. The lowest BCUT2D eigenvalue weighted by Gasteiger charge is -2.18. The normalized spacial score (nSPS) is 11.4. The fourth-order valence-electron chi connectivity index (χ4n) is 1.05. The Bertz CT molecular complexity index is 316. The highest BCUT2D eigenvalue weighted by molar-refractivity contribution is 6.76. The molecule has 1 aromatic carbocycles. The smallest absolute Gasteiger partial charge is 0.125 e. The van der Waals surface area contributed by atoms with Crippen molar-refractivity contribution in [3.8, 4) is 11.5 Å². The van der Waals surface area contributed by atoms with Gasteiger partial charge >= 0.3 is 0 Å². The summed E-state index contributed by atoms with van der Waals surface area (Å²) < 4.78 is 5.68. The molecule has 3 heteroatoms. The summed E-state index contributed by atoms with van der Waals surface area (Å²) in [5, 5.41) is 9.46. The lowest BCUT2D eigenvalue weighted by Crippen LogP contribution is -2.30. The first-order chi connectivity index (χ1) is 6.40. The SMILES string of the molecule is Cc1c(O)cccc1OC[Si](C)(C)C. The van der Waals surface area contributed by atoms with Gasteiger partial charge in [0.25, 0.3) is 0 Å². The van der Waals surface area contributed by atoms with Crippen molar-refractivity contribution in [3.05, 3.63) is 23.8 Å². The zero-order chi connectivity index (χ0) is 10.8. The van der Waals surface area contributed by atoms with Gasteiger partial charge in [0.2, 0.25) is 0 Å². The van der Waals surface area contributed by atoms with Crippen molar-refractivity contribution >= 4 is 8.07 Å². The van der Waals surface area contributed by atoms with Gasteiger partial charge in [-0.05, 0) is 19.1 Å². The zero-order valence-electron chi connectivity index (χ0n) is 9.29. The van der Waals surface area contributed by atoms with Gasteiger partial charge in [-0.2, -0.15) is 0 Å². The van der Waals surface area contributed by atoms with Gasteiger partial charge in [-0.25, -0.2) is 0 Å². The number of aromatic hydroxyl groups is 1. The molecule has 78 valence electrons. The summed E-state index contributed by atoms with van der Waals surface area (Å²) in [6.07, 6.45) is 0.789. The second-order valence-electron chi connectivity index (χ2n) is 4.75. The fourth-order valence-corrected chi connectivity index (χ4v) is 1.64. The van der Waals surface area contributed by atoms with Gasteiger partial charge in [-0.1, -0.05) is 25.7 Å². The number of phenols is 1. The van der Waals surface area contributed by atoms with E-state index in [2.05, 4.69) is 19.6 Å². The third kappa shape index (κ3) is 3.07. The largest absolute Gasteiger partial charge is 0.508 e. The van der Waals surface area contributed by atoms with Crippen LogP contribution in [0.3, 0.4) is 0 Å². The first-order valence-corrected chi connectivity index (χ1v) is 8.52. The van der Waals surface area contributed by atoms with E-state index in [9.17, 15) is 5.11 Å². The Morgan fingerprint density at radius 3 is 2.50 bits per heavy atom. The van der Waals surface area contributed by atoms with Crippen molar-refractivity contribution in [3.63, 3.8) is 0 Å². The van der Waals surface area contributed by atoms with Crippen LogP contribution in [0, 0.1) is 6.92 Å². The molecule has 2 nitrogen and oxygen atoms in total. The van der Waals surface area contributed by atoms with Crippen LogP contribution >= 0.6 is 0 Å². The van der Waals surface area contributed by atoms with Crippen molar-refractivity contribution < 1.29 is 9.84 Å². The van der Waals surface area contributed by atoms with Gasteiger partial charge in [0.05, 0.1) is 14.3 Å². The van der Waals surface area contributed by atoms with Crippen molar-refractivity contribution in [2.75, 3.05) is 6.23 Å². The van der Waals surface area contributed by atoms with Crippen molar-refractivity contribution in [1.29, 1.82) is 0 Å². The van der Waals surface area contributed by atoms with Gasteiger partial charge in [-0.3, -0.25) is 0 Å². The summed E-state index contributed by atoms with van der Waals surface area (Å²) in [7, 11) is -1.18. The molecule has 1 N–H and O–H groups in total. The Morgan fingerprint density at radius 2 is 1.93 bits per heavy atom. The highest BCUT2D eigenvalue weighted by atomic mass is 28.3. The van der Waals surface area contributed by atoms with E-state index in [0.717, 1.165) is 17.5 Å². The molecule has 1 rings (SSSR count). The Morgan fingerprint density at radius 1 is 1.29 bits per heavy atom. The maximum Gasteiger partial charge on any atom is 0.125 e. The number of benzene rings is 1. The summed E-state index contributed by atoms with van der Waals surface area (Å²) in [6, 6.07) is 5.38. The van der Waals surface area contributed by atoms with E-state index in [1.807, 2.05) is 19.1 Å². The lowest BCUT2D eigenvalue weighted by atomic mass is 10.2. The number of hydrogen-bond donors (Lipinski definition) is 1. The Kier molecular flexibility index (Phi) is 3.21. The standard InChI is InChI=1S/C11H18O2Si/c1-9-10(12)6-5-7-11(9)13-8-14(2,3)4/h5-7,12H,8H2,1-4H3. The van der Waals surface area contributed by atoms with Crippen molar-refractivity contribution in [2.45, 2.75) is 26.6 Å².